The van der Waals surface area contributed by atoms with Crippen molar-refractivity contribution in [2.24, 2.45) is 23.1 Å². The van der Waals surface area contributed by atoms with E-state index in [0.29, 0.717) is 6.42 Å². The van der Waals surface area contributed by atoms with Crippen LogP contribution in [-0.2, 0) is 33.6 Å². The van der Waals surface area contributed by atoms with E-state index in [1.165, 1.54) is 0 Å². The molecular formula is C19H32N6O9. The zero-order chi connectivity index (χ0) is 26.6. The van der Waals surface area contributed by atoms with Crippen LogP contribution in [-0.4, -0.2) is 75.9 Å². The maximum atomic E-state index is 12.8. The molecule has 0 bridgehead atoms. The van der Waals surface area contributed by atoms with Crippen molar-refractivity contribution >= 4 is 41.5 Å². The van der Waals surface area contributed by atoms with Gasteiger partial charge in [-0.2, -0.15) is 0 Å². The number of carbonyl (C=O) groups excluding carboxylic acids is 5. The van der Waals surface area contributed by atoms with Crippen LogP contribution >= 0.6 is 0 Å². The molecule has 0 aliphatic carbocycles. The highest BCUT2D eigenvalue weighted by atomic mass is 16.4. The monoisotopic (exact) mass is 488 g/mol. The van der Waals surface area contributed by atoms with Crippen LogP contribution in [0.5, 0.6) is 0 Å². The maximum Gasteiger partial charge on any atom is 0.326 e. The first-order valence-corrected chi connectivity index (χ1v) is 10.4. The first-order valence-electron chi connectivity index (χ1n) is 10.4. The summed E-state index contributed by atoms with van der Waals surface area (Å²) in [7, 11) is 0. The third-order valence-electron chi connectivity index (χ3n) is 4.86. The van der Waals surface area contributed by atoms with E-state index in [4.69, 9.17) is 22.3 Å². The summed E-state index contributed by atoms with van der Waals surface area (Å²) in [6, 6.07) is -5.91. The Morgan fingerprint density at radius 2 is 1.32 bits per heavy atom. The van der Waals surface area contributed by atoms with E-state index in [1.807, 2.05) is 0 Å². The summed E-state index contributed by atoms with van der Waals surface area (Å²) in [5, 5.41) is 24.7. The Bertz CT molecular complexity index is 803. The van der Waals surface area contributed by atoms with Crippen molar-refractivity contribution in [3.63, 3.8) is 0 Å². The molecule has 0 fully saturated rings. The van der Waals surface area contributed by atoms with Crippen molar-refractivity contribution in [1.82, 2.24) is 16.0 Å². The van der Waals surface area contributed by atoms with E-state index < -0.39 is 84.4 Å². The van der Waals surface area contributed by atoms with Gasteiger partial charge in [-0.05, 0) is 12.3 Å². The Morgan fingerprint density at radius 1 is 0.794 bits per heavy atom. The summed E-state index contributed by atoms with van der Waals surface area (Å²) in [6.45, 7) is 3.28. The smallest absolute Gasteiger partial charge is 0.326 e. The molecular weight excluding hydrogens is 456 g/mol. The van der Waals surface area contributed by atoms with Crippen LogP contribution in [0.25, 0.3) is 0 Å². The minimum atomic E-state index is -1.60. The molecule has 34 heavy (non-hydrogen) atoms. The van der Waals surface area contributed by atoms with Gasteiger partial charge in [0.05, 0.1) is 18.9 Å². The predicted octanol–water partition coefficient (Wildman–Crippen LogP) is -3.49. The number of hydrogen-bond acceptors (Lipinski definition) is 8. The molecule has 15 heteroatoms. The third kappa shape index (κ3) is 11.2. The van der Waals surface area contributed by atoms with Crippen LogP contribution in [0, 0.1) is 5.92 Å². The molecule has 0 aliphatic rings. The fraction of sp³-hybridized carbons (Fsp3) is 0.632. The largest absolute Gasteiger partial charge is 0.481 e. The van der Waals surface area contributed by atoms with Gasteiger partial charge in [-0.1, -0.05) is 20.3 Å². The van der Waals surface area contributed by atoms with E-state index in [-0.39, 0.29) is 12.8 Å². The molecule has 11 N–H and O–H groups in total. The first-order chi connectivity index (χ1) is 15.7. The zero-order valence-electron chi connectivity index (χ0n) is 18.9. The average Bonchev–Trinajstić information content (AvgIpc) is 2.72. The van der Waals surface area contributed by atoms with Crippen LogP contribution < -0.4 is 33.2 Å². The fourth-order valence-electron chi connectivity index (χ4n) is 2.73. The maximum absolute atomic E-state index is 12.8. The molecule has 0 rings (SSSR count). The van der Waals surface area contributed by atoms with E-state index in [0.717, 1.165) is 0 Å². The number of carbonyl (C=O) groups is 7. The van der Waals surface area contributed by atoms with Gasteiger partial charge >= 0.3 is 11.9 Å². The van der Waals surface area contributed by atoms with Crippen LogP contribution in [0.15, 0.2) is 0 Å². The quantitative estimate of drug-likeness (QED) is 0.106. The van der Waals surface area contributed by atoms with Crippen molar-refractivity contribution < 1.29 is 43.8 Å². The lowest BCUT2D eigenvalue weighted by atomic mass is 9.98. The summed E-state index contributed by atoms with van der Waals surface area (Å²) >= 11 is 0. The normalized spacial score (nSPS) is 15.0. The molecule has 5 unspecified atom stereocenters. The summed E-state index contributed by atoms with van der Waals surface area (Å²) in [5.41, 5.74) is 15.7. The van der Waals surface area contributed by atoms with Gasteiger partial charge < -0.3 is 43.4 Å². The fourth-order valence-corrected chi connectivity index (χ4v) is 2.73. The highest BCUT2D eigenvalue weighted by Crippen LogP contribution is 2.09. The first kappa shape index (κ1) is 30.2. The number of aliphatic carboxylic acids is 2. The number of hydrogen-bond donors (Lipinski definition) is 8. The summed E-state index contributed by atoms with van der Waals surface area (Å²) in [4.78, 5) is 82.4. The lowest BCUT2D eigenvalue weighted by Crippen LogP contribution is -2.58. The van der Waals surface area contributed by atoms with Crippen molar-refractivity contribution in [2.75, 3.05) is 0 Å². The summed E-state index contributed by atoms with van der Waals surface area (Å²) in [5.74, 6) is -8.05. The van der Waals surface area contributed by atoms with Gasteiger partial charge in [0.25, 0.3) is 0 Å². The second kappa shape index (κ2) is 14.4. The SMILES string of the molecule is CCC(C)C(NC(=O)C(CC(N)=O)NC(=O)C(CCC(N)=O)NC(=O)C(N)CC(=O)O)C(=O)O. The van der Waals surface area contributed by atoms with Crippen LogP contribution in [0.1, 0.15) is 46.0 Å². The highest BCUT2D eigenvalue weighted by Gasteiger charge is 2.33. The Morgan fingerprint density at radius 3 is 1.76 bits per heavy atom. The number of carboxylic acid groups (broad SMARTS) is 2. The van der Waals surface area contributed by atoms with E-state index in [2.05, 4.69) is 16.0 Å². The lowest BCUT2D eigenvalue weighted by Gasteiger charge is -2.26. The topological polar surface area (TPSA) is 274 Å². The van der Waals surface area contributed by atoms with Gasteiger partial charge in [-0.25, -0.2) is 4.79 Å². The molecule has 0 heterocycles. The minimum absolute atomic E-state index is 0.331. The average molecular weight is 488 g/mol. The zero-order valence-corrected chi connectivity index (χ0v) is 18.9. The molecule has 0 aromatic rings. The van der Waals surface area contributed by atoms with E-state index in [9.17, 15) is 38.7 Å². The van der Waals surface area contributed by atoms with Crippen molar-refractivity contribution in [1.29, 1.82) is 0 Å². The number of primary amides is 2. The second-order valence-corrected chi connectivity index (χ2v) is 7.71. The second-order valence-electron chi connectivity index (χ2n) is 7.71. The number of rotatable bonds is 16. The Hall–Kier alpha value is -3.75. The Balaban J connectivity index is 5.64. The van der Waals surface area contributed by atoms with Gasteiger partial charge in [-0.15, -0.1) is 0 Å². The molecule has 0 aliphatic heterocycles. The van der Waals surface area contributed by atoms with E-state index >= 15 is 0 Å². The number of nitrogens with two attached hydrogens (primary N) is 3. The third-order valence-corrected chi connectivity index (χ3v) is 4.86. The van der Waals surface area contributed by atoms with E-state index in [1.54, 1.807) is 13.8 Å². The van der Waals surface area contributed by atoms with Gasteiger partial charge in [0.1, 0.15) is 18.1 Å². The molecule has 0 saturated carbocycles. The van der Waals surface area contributed by atoms with Crippen molar-refractivity contribution in [2.45, 2.75) is 70.1 Å². The van der Waals surface area contributed by atoms with Gasteiger partial charge in [0.2, 0.25) is 29.5 Å². The minimum Gasteiger partial charge on any atom is -0.481 e. The summed E-state index contributed by atoms with van der Waals surface area (Å²) in [6.07, 6.45) is -1.73. The molecule has 0 saturated heterocycles. The Kier molecular flexibility index (Phi) is 12.8. The number of carboxylic acids is 2. The molecule has 5 atom stereocenters. The molecule has 15 nitrogen and oxygen atoms in total. The molecule has 0 aromatic carbocycles. The van der Waals surface area contributed by atoms with Gasteiger partial charge in [0, 0.05) is 6.42 Å². The molecule has 0 spiro atoms. The number of amides is 5. The Labute approximate surface area is 195 Å². The van der Waals surface area contributed by atoms with Crippen molar-refractivity contribution in [3.05, 3.63) is 0 Å². The van der Waals surface area contributed by atoms with Crippen LogP contribution in [0.2, 0.25) is 0 Å². The van der Waals surface area contributed by atoms with Gasteiger partial charge in [-0.3, -0.25) is 28.8 Å². The van der Waals surface area contributed by atoms with Crippen LogP contribution in [0.4, 0.5) is 0 Å². The molecule has 5 amide bonds. The van der Waals surface area contributed by atoms with Crippen molar-refractivity contribution in [3.8, 4) is 0 Å². The molecule has 0 radical (unpaired) electrons. The molecule has 0 aromatic heterocycles. The molecule has 192 valence electrons. The highest BCUT2D eigenvalue weighted by molar-refractivity contribution is 5.96. The van der Waals surface area contributed by atoms with Crippen LogP contribution in [0.3, 0.4) is 0 Å². The predicted molar refractivity (Wildman–Crippen MR) is 115 cm³/mol. The number of nitrogens with one attached hydrogen (secondary N) is 3. The summed E-state index contributed by atoms with van der Waals surface area (Å²) < 4.78 is 0. The van der Waals surface area contributed by atoms with Gasteiger partial charge in [0.15, 0.2) is 0 Å². The standard InChI is InChI=1S/C19H32N6O9/c1-3-8(2)15(19(33)34)25-18(32)11(7-13(22)27)24-17(31)10(4-5-12(21)26)23-16(30)9(20)6-14(28)29/h8-11,15H,3-7,20H2,1-2H3,(H2,21,26)(H2,22,27)(H,23,30)(H,24,31)(H,25,32)(H,28,29)(H,33,34). The lowest BCUT2D eigenvalue weighted by molar-refractivity contribution is -0.144.